The molecule has 1 aliphatic heterocycles. The minimum absolute atomic E-state index is 0.00239. The third-order valence-corrected chi connectivity index (χ3v) is 5.67. The van der Waals surface area contributed by atoms with Crippen molar-refractivity contribution in [3.05, 3.63) is 65.0 Å². The van der Waals surface area contributed by atoms with Gasteiger partial charge >= 0.3 is 0 Å². The minimum Gasteiger partial charge on any atom is -0.507 e. The van der Waals surface area contributed by atoms with Crippen LogP contribution in [-0.4, -0.2) is 41.2 Å². The molecule has 1 N–H and O–H groups in total. The van der Waals surface area contributed by atoms with Crippen molar-refractivity contribution in [3.63, 3.8) is 0 Å². The minimum atomic E-state index is -0.326. The van der Waals surface area contributed by atoms with E-state index in [4.69, 9.17) is 0 Å². The van der Waals surface area contributed by atoms with Gasteiger partial charge in [-0.3, -0.25) is 9.59 Å². The molecule has 0 radical (unpaired) electrons. The number of likely N-dealkylation sites (tertiary alicyclic amines) is 1. The summed E-state index contributed by atoms with van der Waals surface area (Å²) in [6.45, 7) is 4.54. The number of piperidine rings is 1. The molecule has 0 spiro atoms. The molecule has 0 saturated carbocycles. The van der Waals surface area contributed by atoms with E-state index in [9.17, 15) is 19.1 Å². The molecule has 0 aromatic heterocycles. The first-order valence-electron chi connectivity index (χ1n) is 10.3. The Kier molecular flexibility index (Phi) is 7.15. The number of hydrogen-bond acceptors (Lipinski definition) is 4. The topological polar surface area (TPSA) is 57.6 Å². The summed E-state index contributed by atoms with van der Waals surface area (Å²) in [4.78, 5) is 27.2. The van der Waals surface area contributed by atoms with E-state index >= 15 is 0 Å². The maximum atomic E-state index is 13.0. The Morgan fingerprint density at radius 1 is 1.07 bits per heavy atom. The largest absolute Gasteiger partial charge is 0.507 e. The predicted molar refractivity (Wildman–Crippen MR) is 111 cm³/mol. The quantitative estimate of drug-likeness (QED) is 0.514. The molecule has 2 aromatic rings. The van der Waals surface area contributed by atoms with Crippen LogP contribution in [0.25, 0.3) is 0 Å². The second-order valence-electron chi connectivity index (χ2n) is 7.89. The Morgan fingerprint density at radius 2 is 1.76 bits per heavy atom. The molecule has 0 amide bonds. The van der Waals surface area contributed by atoms with Gasteiger partial charge in [-0.25, -0.2) is 4.39 Å². The lowest BCUT2D eigenvalue weighted by molar-refractivity contribution is 0.0836. The summed E-state index contributed by atoms with van der Waals surface area (Å²) < 4.78 is 13.0. The smallest absolute Gasteiger partial charge is 0.166 e. The van der Waals surface area contributed by atoms with Gasteiger partial charge in [0.15, 0.2) is 11.6 Å². The number of halogens is 1. The second kappa shape index (κ2) is 9.79. The van der Waals surface area contributed by atoms with Gasteiger partial charge in [0.2, 0.25) is 0 Å². The number of unbranched alkanes of at least 4 members (excludes halogenated alkanes) is 1. The van der Waals surface area contributed by atoms with E-state index in [1.165, 1.54) is 12.1 Å². The maximum Gasteiger partial charge on any atom is 0.166 e. The standard InChI is InChI=1S/C24H28FNO3/c1-17-5-10-23(28)21(16-17)22(27)4-2-3-13-26-14-11-19(12-15-26)24(29)18-6-8-20(25)9-7-18/h5-10,16,19,28H,2-4,11-15H2,1H3. The highest BCUT2D eigenvalue weighted by molar-refractivity contribution is 5.98. The number of phenolic OH excluding ortho intramolecular Hbond substituents is 1. The number of hydrogen-bond donors (Lipinski definition) is 1. The Balaban J connectivity index is 1.38. The molecule has 0 aliphatic carbocycles. The second-order valence-corrected chi connectivity index (χ2v) is 7.89. The maximum absolute atomic E-state index is 13.0. The summed E-state index contributed by atoms with van der Waals surface area (Å²) in [7, 11) is 0. The van der Waals surface area contributed by atoms with E-state index in [2.05, 4.69) is 4.90 Å². The van der Waals surface area contributed by atoms with Crippen LogP contribution in [0, 0.1) is 18.7 Å². The molecule has 1 heterocycles. The number of benzene rings is 2. The van der Waals surface area contributed by atoms with Crippen molar-refractivity contribution >= 4 is 11.6 Å². The van der Waals surface area contributed by atoms with Crippen LogP contribution >= 0.6 is 0 Å². The average Bonchev–Trinajstić information content (AvgIpc) is 2.73. The van der Waals surface area contributed by atoms with Crippen LogP contribution in [0.4, 0.5) is 4.39 Å². The van der Waals surface area contributed by atoms with E-state index in [1.54, 1.807) is 30.3 Å². The lowest BCUT2D eigenvalue weighted by atomic mass is 9.89. The van der Waals surface area contributed by atoms with Gasteiger partial charge in [-0.05, 0) is 88.6 Å². The van der Waals surface area contributed by atoms with Crippen LogP contribution in [0.1, 0.15) is 58.4 Å². The average molecular weight is 397 g/mol. The fraction of sp³-hybridized carbons (Fsp3) is 0.417. The highest BCUT2D eigenvalue weighted by atomic mass is 19.1. The molecule has 0 unspecified atom stereocenters. The van der Waals surface area contributed by atoms with Crippen molar-refractivity contribution in [1.82, 2.24) is 4.90 Å². The van der Waals surface area contributed by atoms with Crippen molar-refractivity contribution in [2.75, 3.05) is 19.6 Å². The number of aryl methyl sites for hydroxylation is 1. The van der Waals surface area contributed by atoms with E-state index in [0.717, 1.165) is 50.9 Å². The number of carbonyl (C=O) groups excluding carboxylic acids is 2. The molecule has 3 rings (SSSR count). The molecule has 154 valence electrons. The van der Waals surface area contributed by atoms with Crippen LogP contribution in [0.15, 0.2) is 42.5 Å². The molecular formula is C24H28FNO3. The van der Waals surface area contributed by atoms with Gasteiger partial charge in [0, 0.05) is 17.9 Å². The Morgan fingerprint density at radius 3 is 2.45 bits per heavy atom. The first kappa shape index (κ1) is 21.2. The van der Waals surface area contributed by atoms with Crippen LogP contribution in [0.5, 0.6) is 5.75 Å². The van der Waals surface area contributed by atoms with Gasteiger partial charge in [0.1, 0.15) is 11.6 Å². The number of carbonyl (C=O) groups is 2. The Hall–Kier alpha value is -2.53. The van der Waals surface area contributed by atoms with Gasteiger partial charge < -0.3 is 10.0 Å². The summed E-state index contributed by atoms with van der Waals surface area (Å²) in [5, 5.41) is 9.86. The third kappa shape index (κ3) is 5.73. The monoisotopic (exact) mass is 397 g/mol. The number of Topliss-reactive ketones (excluding diaryl/α,β-unsaturated/α-hetero) is 2. The number of rotatable bonds is 8. The van der Waals surface area contributed by atoms with Gasteiger partial charge in [-0.2, -0.15) is 0 Å². The lowest BCUT2D eigenvalue weighted by Gasteiger charge is -2.31. The van der Waals surface area contributed by atoms with Crippen molar-refractivity contribution in [3.8, 4) is 5.75 Å². The first-order chi connectivity index (χ1) is 13.9. The Bertz CT molecular complexity index is 855. The van der Waals surface area contributed by atoms with Crippen molar-refractivity contribution < 1.29 is 19.1 Å². The first-order valence-corrected chi connectivity index (χ1v) is 10.3. The molecule has 4 nitrogen and oxygen atoms in total. The normalized spacial score (nSPS) is 15.4. The van der Waals surface area contributed by atoms with E-state index in [1.807, 2.05) is 6.92 Å². The zero-order chi connectivity index (χ0) is 20.8. The number of phenols is 1. The molecular weight excluding hydrogens is 369 g/mol. The van der Waals surface area contributed by atoms with E-state index in [-0.39, 0.29) is 29.1 Å². The number of nitrogens with zero attached hydrogens (tertiary/aromatic N) is 1. The molecule has 29 heavy (non-hydrogen) atoms. The molecule has 1 saturated heterocycles. The van der Waals surface area contributed by atoms with Crippen molar-refractivity contribution in [1.29, 1.82) is 0 Å². The molecule has 2 aromatic carbocycles. The summed E-state index contributed by atoms with van der Waals surface area (Å²) in [5.74, 6) is -0.188. The highest BCUT2D eigenvalue weighted by Crippen LogP contribution is 2.23. The molecule has 5 heteroatoms. The van der Waals surface area contributed by atoms with Crippen molar-refractivity contribution in [2.24, 2.45) is 5.92 Å². The fourth-order valence-electron chi connectivity index (χ4n) is 3.90. The number of aromatic hydroxyl groups is 1. The highest BCUT2D eigenvalue weighted by Gasteiger charge is 2.25. The van der Waals surface area contributed by atoms with Gasteiger partial charge in [0.05, 0.1) is 5.56 Å². The Labute approximate surface area is 171 Å². The SMILES string of the molecule is Cc1ccc(O)c(C(=O)CCCCN2CCC(C(=O)c3ccc(F)cc3)CC2)c1. The third-order valence-electron chi connectivity index (χ3n) is 5.67. The molecule has 1 fully saturated rings. The van der Waals surface area contributed by atoms with E-state index < -0.39 is 0 Å². The lowest BCUT2D eigenvalue weighted by Crippen LogP contribution is -2.37. The van der Waals surface area contributed by atoms with Crippen LogP contribution in [0.3, 0.4) is 0 Å². The van der Waals surface area contributed by atoms with Gasteiger partial charge in [-0.15, -0.1) is 0 Å². The summed E-state index contributed by atoms with van der Waals surface area (Å²) in [6, 6.07) is 10.9. The number of ketones is 2. The van der Waals surface area contributed by atoms with Crippen molar-refractivity contribution in [2.45, 2.75) is 39.0 Å². The summed E-state index contributed by atoms with van der Waals surface area (Å²) >= 11 is 0. The van der Waals surface area contributed by atoms with Gasteiger partial charge in [-0.1, -0.05) is 11.6 Å². The summed E-state index contributed by atoms with van der Waals surface area (Å²) in [5.41, 5.74) is 1.96. The zero-order valence-electron chi connectivity index (χ0n) is 16.9. The van der Waals surface area contributed by atoms with Crippen LogP contribution in [-0.2, 0) is 0 Å². The van der Waals surface area contributed by atoms with Gasteiger partial charge in [0.25, 0.3) is 0 Å². The molecule has 0 bridgehead atoms. The zero-order valence-corrected chi connectivity index (χ0v) is 16.9. The molecule has 1 aliphatic rings. The molecule has 0 atom stereocenters. The van der Waals surface area contributed by atoms with Crippen LogP contribution in [0.2, 0.25) is 0 Å². The predicted octanol–water partition coefficient (Wildman–Crippen LogP) is 4.79. The van der Waals surface area contributed by atoms with E-state index in [0.29, 0.717) is 17.5 Å². The van der Waals surface area contributed by atoms with Crippen LogP contribution < -0.4 is 0 Å². The fourth-order valence-corrected chi connectivity index (χ4v) is 3.90. The summed E-state index contributed by atoms with van der Waals surface area (Å²) in [6.07, 6.45) is 3.74.